The summed E-state index contributed by atoms with van der Waals surface area (Å²) < 4.78 is 0. The smallest absolute Gasteiger partial charge is 0.266 e. The molecule has 2 amide bonds. The third-order valence-electron chi connectivity index (χ3n) is 5.05. The number of carbonyl (C=O) groups excluding carboxylic acids is 2. The largest absolute Gasteiger partial charge is 0.273 e. The van der Waals surface area contributed by atoms with Gasteiger partial charge in [0, 0.05) is 9.90 Å². The molecular formula is C21H15ClN2O3S. The standard InChI is InChI=1S/C21H15ClN2O3S/c22-13-8-10-15(11-9-13)24-18(16-7-4-12-28-16)17-19(27-24)21(26)23(20(17)25)14-5-2-1-3-6-14/h1-12,17-19H/t17-,18+,19-/m0/s1. The molecule has 2 fully saturated rings. The molecule has 2 aromatic carbocycles. The van der Waals surface area contributed by atoms with Crippen molar-refractivity contribution < 1.29 is 14.4 Å². The van der Waals surface area contributed by atoms with Crippen LogP contribution in [0.25, 0.3) is 0 Å². The Hall–Kier alpha value is -2.67. The second-order valence-electron chi connectivity index (χ2n) is 6.66. The lowest BCUT2D eigenvalue weighted by atomic mass is 9.95. The van der Waals surface area contributed by atoms with E-state index in [4.69, 9.17) is 16.4 Å². The molecule has 0 spiro atoms. The van der Waals surface area contributed by atoms with Gasteiger partial charge in [-0.05, 0) is 47.8 Å². The van der Waals surface area contributed by atoms with E-state index in [1.807, 2.05) is 47.8 Å². The van der Waals surface area contributed by atoms with E-state index in [1.54, 1.807) is 40.7 Å². The van der Waals surface area contributed by atoms with Crippen LogP contribution in [0.15, 0.2) is 72.1 Å². The van der Waals surface area contributed by atoms with E-state index in [9.17, 15) is 9.59 Å². The van der Waals surface area contributed by atoms with Crippen LogP contribution in [0.2, 0.25) is 5.02 Å². The van der Waals surface area contributed by atoms with Gasteiger partial charge >= 0.3 is 0 Å². The number of halogens is 1. The van der Waals surface area contributed by atoms with E-state index in [-0.39, 0.29) is 17.9 Å². The van der Waals surface area contributed by atoms with Gasteiger partial charge in [-0.25, -0.2) is 9.96 Å². The molecule has 28 heavy (non-hydrogen) atoms. The summed E-state index contributed by atoms with van der Waals surface area (Å²) in [6, 6.07) is 19.7. The summed E-state index contributed by atoms with van der Waals surface area (Å²) in [6.07, 6.45) is -0.851. The molecule has 5 rings (SSSR count). The Bertz CT molecular complexity index is 1020. The number of rotatable bonds is 3. The molecule has 140 valence electrons. The SMILES string of the molecule is O=C1[C@@H]2[C@H](ON(c3ccc(Cl)cc3)[C@@H]2c2cccs2)C(=O)N1c1ccccc1. The van der Waals surface area contributed by atoms with Gasteiger partial charge in [-0.3, -0.25) is 14.4 Å². The second-order valence-corrected chi connectivity index (χ2v) is 8.08. The minimum absolute atomic E-state index is 0.240. The number of amides is 2. The zero-order chi connectivity index (χ0) is 19.3. The molecule has 0 saturated carbocycles. The number of benzene rings is 2. The second kappa shape index (κ2) is 6.74. The molecule has 3 aromatic rings. The first-order chi connectivity index (χ1) is 13.6. The minimum atomic E-state index is -0.851. The highest BCUT2D eigenvalue weighted by atomic mass is 35.5. The third-order valence-corrected chi connectivity index (χ3v) is 6.24. The fraction of sp³-hybridized carbons (Fsp3) is 0.143. The maximum absolute atomic E-state index is 13.3. The predicted octanol–water partition coefficient (Wildman–Crippen LogP) is 4.45. The molecule has 0 bridgehead atoms. The normalized spacial score (nSPS) is 24.1. The van der Waals surface area contributed by atoms with E-state index >= 15 is 0 Å². The van der Waals surface area contributed by atoms with Crippen molar-refractivity contribution in [1.82, 2.24) is 0 Å². The van der Waals surface area contributed by atoms with E-state index in [2.05, 4.69) is 0 Å². The van der Waals surface area contributed by atoms with Gasteiger partial charge in [-0.1, -0.05) is 35.9 Å². The molecule has 3 atom stereocenters. The van der Waals surface area contributed by atoms with Crippen LogP contribution in [0.5, 0.6) is 0 Å². The summed E-state index contributed by atoms with van der Waals surface area (Å²) in [5.74, 6) is -1.18. The Morgan fingerprint density at radius 2 is 1.61 bits per heavy atom. The Kier molecular flexibility index (Phi) is 4.19. The van der Waals surface area contributed by atoms with E-state index in [0.717, 1.165) is 10.6 Å². The monoisotopic (exact) mass is 410 g/mol. The van der Waals surface area contributed by atoms with Gasteiger partial charge in [-0.15, -0.1) is 11.3 Å². The number of hydroxylamine groups is 1. The highest BCUT2D eigenvalue weighted by Gasteiger charge is 2.60. The van der Waals surface area contributed by atoms with Crippen molar-refractivity contribution >= 4 is 46.1 Å². The predicted molar refractivity (Wildman–Crippen MR) is 108 cm³/mol. The van der Waals surface area contributed by atoms with Crippen molar-refractivity contribution in [2.24, 2.45) is 5.92 Å². The maximum Gasteiger partial charge on any atom is 0.266 e. The van der Waals surface area contributed by atoms with Gasteiger partial charge in [0.05, 0.1) is 11.4 Å². The summed E-state index contributed by atoms with van der Waals surface area (Å²) >= 11 is 7.55. The van der Waals surface area contributed by atoms with Crippen LogP contribution in [0.4, 0.5) is 11.4 Å². The summed E-state index contributed by atoms with van der Waals surface area (Å²) in [4.78, 5) is 34.7. The quantitative estimate of drug-likeness (QED) is 0.598. The Morgan fingerprint density at radius 1 is 0.857 bits per heavy atom. The highest BCUT2D eigenvalue weighted by Crippen LogP contribution is 2.48. The number of carbonyl (C=O) groups is 2. The number of hydrogen-bond donors (Lipinski definition) is 0. The van der Waals surface area contributed by atoms with Crippen LogP contribution in [-0.4, -0.2) is 17.9 Å². The molecule has 2 saturated heterocycles. The summed E-state index contributed by atoms with van der Waals surface area (Å²) in [7, 11) is 0. The van der Waals surface area contributed by atoms with Crippen LogP contribution < -0.4 is 9.96 Å². The van der Waals surface area contributed by atoms with Crippen LogP contribution in [-0.2, 0) is 14.4 Å². The lowest BCUT2D eigenvalue weighted by molar-refractivity contribution is -0.126. The van der Waals surface area contributed by atoms with Gasteiger partial charge in [0.15, 0.2) is 6.10 Å². The first-order valence-corrected chi connectivity index (χ1v) is 10.1. The van der Waals surface area contributed by atoms with Gasteiger partial charge in [0.2, 0.25) is 5.91 Å². The molecule has 0 aliphatic carbocycles. The first kappa shape index (κ1) is 17.4. The number of thiophene rings is 1. The van der Waals surface area contributed by atoms with Gasteiger partial charge < -0.3 is 0 Å². The zero-order valence-electron chi connectivity index (χ0n) is 14.6. The van der Waals surface area contributed by atoms with Crippen LogP contribution in [0.1, 0.15) is 10.9 Å². The number of hydrogen-bond acceptors (Lipinski definition) is 5. The number of para-hydroxylation sites is 1. The fourth-order valence-electron chi connectivity index (χ4n) is 3.81. The molecule has 2 aliphatic heterocycles. The van der Waals surface area contributed by atoms with Crippen molar-refractivity contribution in [2.75, 3.05) is 9.96 Å². The van der Waals surface area contributed by atoms with Crippen molar-refractivity contribution in [3.05, 3.63) is 82.0 Å². The average molecular weight is 411 g/mol. The minimum Gasteiger partial charge on any atom is -0.273 e. The van der Waals surface area contributed by atoms with Crippen molar-refractivity contribution in [1.29, 1.82) is 0 Å². The van der Waals surface area contributed by atoms with E-state index in [1.165, 1.54) is 4.90 Å². The number of anilines is 2. The Balaban J connectivity index is 1.57. The fourth-order valence-corrected chi connectivity index (χ4v) is 4.79. The van der Waals surface area contributed by atoms with E-state index in [0.29, 0.717) is 10.7 Å². The highest BCUT2D eigenvalue weighted by molar-refractivity contribution is 7.10. The molecule has 0 radical (unpaired) electrons. The Labute approximate surface area is 170 Å². The molecule has 5 nitrogen and oxygen atoms in total. The maximum atomic E-state index is 13.3. The lowest BCUT2D eigenvalue weighted by Gasteiger charge is -2.27. The van der Waals surface area contributed by atoms with Crippen LogP contribution in [0, 0.1) is 5.92 Å². The summed E-state index contributed by atoms with van der Waals surface area (Å²) in [5, 5.41) is 4.24. The average Bonchev–Trinajstić information content (AvgIpc) is 3.41. The lowest BCUT2D eigenvalue weighted by Crippen LogP contribution is -2.37. The number of imide groups is 1. The van der Waals surface area contributed by atoms with Gasteiger partial charge in [-0.2, -0.15) is 0 Å². The molecular weight excluding hydrogens is 396 g/mol. The molecule has 0 N–H and O–H groups in total. The molecule has 3 heterocycles. The first-order valence-electron chi connectivity index (χ1n) is 8.83. The topological polar surface area (TPSA) is 49.9 Å². The van der Waals surface area contributed by atoms with Crippen molar-refractivity contribution in [3.63, 3.8) is 0 Å². The number of nitrogens with zero attached hydrogens (tertiary/aromatic N) is 2. The third kappa shape index (κ3) is 2.64. The van der Waals surface area contributed by atoms with Crippen LogP contribution >= 0.6 is 22.9 Å². The zero-order valence-corrected chi connectivity index (χ0v) is 16.1. The Morgan fingerprint density at radius 3 is 2.29 bits per heavy atom. The van der Waals surface area contributed by atoms with Crippen molar-refractivity contribution in [2.45, 2.75) is 12.1 Å². The van der Waals surface area contributed by atoms with E-state index < -0.39 is 12.0 Å². The van der Waals surface area contributed by atoms with Crippen molar-refractivity contribution in [3.8, 4) is 0 Å². The van der Waals surface area contributed by atoms with Gasteiger partial charge in [0.1, 0.15) is 12.0 Å². The van der Waals surface area contributed by atoms with Crippen LogP contribution in [0.3, 0.4) is 0 Å². The molecule has 7 heteroatoms. The number of fused-ring (bicyclic) bond motifs is 1. The summed E-state index contributed by atoms with van der Waals surface area (Å²) in [6.45, 7) is 0. The molecule has 1 aromatic heterocycles. The van der Waals surface area contributed by atoms with Gasteiger partial charge in [0.25, 0.3) is 5.91 Å². The molecule has 0 unspecified atom stereocenters. The molecule has 2 aliphatic rings. The summed E-state index contributed by atoms with van der Waals surface area (Å²) in [5.41, 5.74) is 1.32.